The van der Waals surface area contributed by atoms with Gasteiger partial charge in [-0.1, -0.05) is 23.4 Å². The first-order valence-corrected chi connectivity index (χ1v) is 12.9. The molecule has 10 heteroatoms. The van der Waals surface area contributed by atoms with E-state index in [0.29, 0.717) is 34.0 Å². The zero-order valence-corrected chi connectivity index (χ0v) is 22.5. The minimum absolute atomic E-state index is 0.114. The van der Waals surface area contributed by atoms with Crippen molar-refractivity contribution in [3.8, 4) is 34.3 Å². The molecule has 37 heavy (non-hydrogen) atoms. The largest absolute Gasteiger partial charge is 0.497 e. The predicted octanol–water partition coefficient (Wildman–Crippen LogP) is 6.04. The summed E-state index contributed by atoms with van der Waals surface area (Å²) in [5.41, 5.74) is 3.10. The van der Waals surface area contributed by atoms with E-state index in [1.54, 1.807) is 19.2 Å². The predicted molar refractivity (Wildman–Crippen MR) is 147 cm³/mol. The van der Waals surface area contributed by atoms with Gasteiger partial charge in [0.05, 0.1) is 32.3 Å². The second-order valence-corrected chi connectivity index (χ2v) is 9.29. The van der Waals surface area contributed by atoms with Crippen molar-refractivity contribution in [2.75, 3.05) is 31.9 Å². The average molecular weight is 539 g/mol. The van der Waals surface area contributed by atoms with Crippen LogP contribution in [0.25, 0.3) is 17.1 Å². The van der Waals surface area contributed by atoms with Gasteiger partial charge in [0.2, 0.25) is 5.91 Å². The van der Waals surface area contributed by atoms with Gasteiger partial charge < -0.3 is 19.5 Å². The van der Waals surface area contributed by atoms with Crippen molar-refractivity contribution >= 4 is 35.0 Å². The summed E-state index contributed by atoms with van der Waals surface area (Å²) in [7, 11) is 3.16. The molecule has 4 rings (SSSR count). The van der Waals surface area contributed by atoms with E-state index in [1.165, 1.54) is 18.9 Å². The zero-order valence-electron chi connectivity index (χ0n) is 20.9. The molecule has 0 aliphatic heterocycles. The van der Waals surface area contributed by atoms with Crippen LogP contribution in [0.3, 0.4) is 0 Å². The fourth-order valence-electron chi connectivity index (χ4n) is 3.63. The fourth-order valence-corrected chi connectivity index (χ4v) is 4.53. The van der Waals surface area contributed by atoms with Crippen molar-refractivity contribution < 1.29 is 19.0 Å². The third kappa shape index (κ3) is 6.18. The number of ether oxygens (including phenoxy) is 3. The van der Waals surface area contributed by atoms with Crippen LogP contribution >= 0.6 is 23.4 Å². The Morgan fingerprint density at radius 3 is 2.35 bits per heavy atom. The fraction of sp³-hybridized carbons (Fsp3) is 0.222. The lowest BCUT2D eigenvalue weighted by Gasteiger charge is -2.13. The molecule has 0 fully saturated rings. The lowest BCUT2D eigenvalue weighted by Crippen LogP contribution is -2.15. The van der Waals surface area contributed by atoms with Crippen molar-refractivity contribution in [1.29, 1.82) is 0 Å². The van der Waals surface area contributed by atoms with E-state index in [9.17, 15) is 4.79 Å². The molecule has 0 radical (unpaired) electrons. The van der Waals surface area contributed by atoms with E-state index < -0.39 is 0 Å². The Morgan fingerprint density at radius 1 is 1.00 bits per heavy atom. The normalized spacial score (nSPS) is 10.7. The second kappa shape index (κ2) is 12.0. The number of methoxy groups -OCH3 is 2. The number of thioether (sulfide) groups is 1. The molecule has 0 spiro atoms. The molecule has 0 saturated heterocycles. The molecule has 0 aliphatic carbocycles. The first-order chi connectivity index (χ1) is 17.9. The molecule has 0 unspecified atom stereocenters. The molecule has 0 saturated carbocycles. The molecular weight excluding hydrogens is 512 g/mol. The lowest BCUT2D eigenvalue weighted by molar-refractivity contribution is -0.113. The number of hydrogen-bond acceptors (Lipinski definition) is 7. The van der Waals surface area contributed by atoms with Crippen LogP contribution in [0.4, 0.5) is 5.69 Å². The standard InChI is InChI=1S/C27H27ClN4O4S/c1-5-36-21-12-8-19(9-13-21)32-26(18-6-10-20(34-3)11-7-18)30-31-27(32)37-16-25(33)29-23-14-17(2)22(28)15-24(23)35-4/h6-15H,5,16H2,1-4H3,(H,29,33). The highest BCUT2D eigenvalue weighted by Gasteiger charge is 2.18. The smallest absolute Gasteiger partial charge is 0.234 e. The van der Waals surface area contributed by atoms with Crippen molar-refractivity contribution in [2.24, 2.45) is 0 Å². The summed E-state index contributed by atoms with van der Waals surface area (Å²) in [5.74, 6) is 2.55. The number of aromatic nitrogens is 3. The van der Waals surface area contributed by atoms with Crippen molar-refractivity contribution in [2.45, 2.75) is 19.0 Å². The molecule has 0 atom stereocenters. The number of nitrogens with zero attached hydrogens (tertiary/aromatic N) is 3. The average Bonchev–Trinajstić information content (AvgIpc) is 3.34. The maximum Gasteiger partial charge on any atom is 0.234 e. The number of rotatable bonds is 10. The Kier molecular flexibility index (Phi) is 8.58. The minimum atomic E-state index is -0.211. The van der Waals surface area contributed by atoms with Gasteiger partial charge in [-0.15, -0.1) is 10.2 Å². The number of nitrogens with one attached hydrogen (secondary N) is 1. The number of anilines is 1. The Labute approximate surface area is 224 Å². The number of carbonyl (C=O) groups is 1. The molecule has 0 aliphatic rings. The van der Waals surface area contributed by atoms with Crippen molar-refractivity contribution in [3.63, 3.8) is 0 Å². The summed E-state index contributed by atoms with van der Waals surface area (Å²) in [4.78, 5) is 12.9. The first-order valence-electron chi connectivity index (χ1n) is 11.5. The van der Waals surface area contributed by atoms with Crippen LogP contribution in [-0.4, -0.2) is 47.3 Å². The molecule has 3 aromatic carbocycles. The summed E-state index contributed by atoms with van der Waals surface area (Å²) in [6.45, 7) is 4.39. The monoisotopic (exact) mass is 538 g/mol. The first kappa shape index (κ1) is 26.4. The van der Waals surface area contributed by atoms with Gasteiger partial charge in [-0.05, 0) is 74.0 Å². The number of carbonyl (C=O) groups excluding carboxylic acids is 1. The summed E-state index contributed by atoms with van der Waals surface area (Å²) >= 11 is 7.47. The summed E-state index contributed by atoms with van der Waals surface area (Å²) in [5, 5.41) is 12.9. The highest BCUT2D eigenvalue weighted by atomic mass is 35.5. The molecule has 4 aromatic rings. The molecule has 8 nitrogen and oxygen atoms in total. The number of hydrogen-bond donors (Lipinski definition) is 1. The van der Waals surface area contributed by atoms with Crippen LogP contribution in [0.2, 0.25) is 5.02 Å². The van der Waals surface area contributed by atoms with E-state index in [0.717, 1.165) is 28.3 Å². The molecule has 1 aromatic heterocycles. The molecular formula is C27H27ClN4O4S. The van der Waals surface area contributed by atoms with Crippen molar-refractivity contribution in [3.05, 3.63) is 71.2 Å². The van der Waals surface area contributed by atoms with Gasteiger partial charge in [0, 0.05) is 22.3 Å². The van der Waals surface area contributed by atoms with Gasteiger partial charge in [-0.25, -0.2) is 0 Å². The molecule has 1 amide bonds. The van der Waals surface area contributed by atoms with Crippen LogP contribution in [0.5, 0.6) is 17.2 Å². The Bertz CT molecular complexity index is 1370. The second-order valence-electron chi connectivity index (χ2n) is 7.94. The number of aryl methyl sites for hydroxylation is 1. The van der Waals surface area contributed by atoms with Crippen LogP contribution in [0.15, 0.2) is 65.8 Å². The molecule has 192 valence electrons. The van der Waals surface area contributed by atoms with E-state index in [2.05, 4.69) is 15.5 Å². The van der Waals surface area contributed by atoms with Crippen LogP contribution in [0.1, 0.15) is 12.5 Å². The van der Waals surface area contributed by atoms with E-state index in [4.69, 9.17) is 25.8 Å². The Hall–Kier alpha value is -3.69. The van der Waals surface area contributed by atoms with E-state index in [-0.39, 0.29) is 11.7 Å². The topological polar surface area (TPSA) is 87.5 Å². The molecule has 0 bridgehead atoms. The van der Waals surface area contributed by atoms with Crippen LogP contribution < -0.4 is 19.5 Å². The highest BCUT2D eigenvalue weighted by molar-refractivity contribution is 7.99. The van der Waals surface area contributed by atoms with Crippen LogP contribution in [0, 0.1) is 6.92 Å². The summed E-state index contributed by atoms with van der Waals surface area (Å²) in [6.07, 6.45) is 0. The third-order valence-electron chi connectivity index (χ3n) is 5.47. The van der Waals surface area contributed by atoms with Gasteiger partial charge in [-0.2, -0.15) is 0 Å². The van der Waals surface area contributed by atoms with Gasteiger partial charge in [-0.3, -0.25) is 9.36 Å². The quantitative estimate of drug-likeness (QED) is 0.246. The minimum Gasteiger partial charge on any atom is -0.497 e. The van der Waals surface area contributed by atoms with Gasteiger partial charge in [0.1, 0.15) is 17.2 Å². The highest BCUT2D eigenvalue weighted by Crippen LogP contribution is 2.32. The van der Waals surface area contributed by atoms with Crippen molar-refractivity contribution in [1.82, 2.24) is 14.8 Å². The summed E-state index contributed by atoms with van der Waals surface area (Å²) < 4.78 is 18.2. The summed E-state index contributed by atoms with van der Waals surface area (Å²) in [6, 6.07) is 18.7. The third-order valence-corrected chi connectivity index (χ3v) is 6.81. The lowest BCUT2D eigenvalue weighted by atomic mass is 10.2. The molecule has 1 N–H and O–H groups in total. The zero-order chi connectivity index (χ0) is 26.4. The Morgan fingerprint density at radius 2 is 1.70 bits per heavy atom. The van der Waals surface area contributed by atoms with E-state index >= 15 is 0 Å². The number of halogens is 1. The van der Waals surface area contributed by atoms with Crippen LogP contribution in [-0.2, 0) is 4.79 Å². The maximum atomic E-state index is 12.9. The number of amides is 1. The van der Waals surface area contributed by atoms with Gasteiger partial charge >= 0.3 is 0 Å². The SMILES string of the molecule is CCOc1ccc(-n2c(SCC(=O)Nc3cc(C)c(Cl)cc3OC)nnc2-c2ccc(OC)cc2)cc1. The Balaban J connectivity index is 1.60. The van der Waals surface area contributed by atoms with E-state index in [1.807, 2.05) is 66.9 Å². The molecule has 1 heterocycles. The van der Waals surface area contributed by atoms with Gasteiger partial charge in [0.25, 0.3) is 0 Å². The number of benzene rings is 3. The van der Waals surface area contributed by atoms with Gasteiger partial charge in [0.15, 0.2) is 11.0 Å². The maximum absolute atomic E-state index is 12.9.